The van der Waals surface area contributed by atoms with Gasteiger partial charge in [-0.15, -0.1) is 0 Å². The number of nitrogens with one attached hydrogen (secondary N) is 1. The Kier molecular flexibility index (Phi) is 12.4. The number of unbranched alkanes of at least 4 members (excludes halogenated alkanes) is 3. The van der Waals surface area contributed by atoms with Crippen LogP contribution in [0.3, 0.4) is 0 Å². The maximum atomic E-state index is 11.3. The van der Waals surface area contributed by atoms with Gasteiger partial charge in [-0.1, -0.05) is 26.3 Å². The molecule has 0 atom stereocenters. The number of carbonyl (C=O) groups is 1. The summed E-state index contributed by atoms with van der Waals surface area (Å²) in [6.07, 6.45) is 6.30. The van der Waals surface area contributed by atoms with Gasteiger partial charge in [-0.2, -0.15) is 0 Å². The fraction of sp³-hybridized carbons (Fsp3) is 0.800. The minimum absolute atomic E-state index is 0. The standard InChI is InChI=1S/C15H30N2O.ClH/c1-6-7-8-9-12-17(4,5)13-10-11-16-15(18)14(2)3;/h2,6-13H2,1,3-5H3;1H. The number of carbonyl (C=O) groups excluding carboxylic acids is 1. The Bertz CT molecular complexity index is 265. The predicted molar refractivity (Wildman–Crippen MR) is 78.4 cm³/mol. The predicted octanol–water partition coefficient (Wildman–Crippen LogP) is -0.270. The molecule has 0 aliphatic rings. The number of quaternary nitrogens is 1. The van der Waals surface area contributed by atoms with Gasteiger partial charge in [0.25, 0.3) is 0 Å². The third-order valence-electron chi connectivity index (χ3n) is 3.23. The van der Waals surface area contributed by atoms with E-state index in [0.29, 0.717) is 5.57 Å². The van der Waals surface area contributed by atoms with Gasteiger partial charge in [0.15, 0.2) is 0 Å². The largest absolute Gasteiger partial charge is 1.00 e. The summed E-state index contributed by atoms with van der Waals surface area (Å²) in [6.45, 7) is 10.7. The van der Waals surface area contributed by atoms with Crippen LogP contribution in [0.4, 0.5) is 0 Å². The third-order valence-corrected chi connectivity index (χ3v) is 3.23. The molecule has 114 valence electrons. The van der Waals surface area contributed by atoms with Gasteiger partial charge >= 0.3 is 0 Å². The second-order valence-electron chi connectivity index (χ2n) is 5.83. The number of rotatable bonds is 10. The highest BCUT2D eigenvalue weighted by Crippen LogP contribution is 2.06. The molecule has 0 aliphatic carbocycles. The molecule has 0 bridgehead atoms. The molecule has 0 aromatic heterocycles. The SMILES string of the molecule is C=C(C)C(=O)NCCC[N+](C)(C)CCCCCC.[Cl-]. The monoisotopic (exact) mass is 290 g/mol. The van der Waals surface area contributed by atoms with Crippen LogP contribution >= 0.6 is 0 Å². The fourth-order valence-electron chi connectivity index (χ4n) is 1.94. The van der Waals surface area contributed by atoms with Gasteiger partial charge in [0.2, 0.25) is 5.91 Å². The van der Waals surface area contributed by atoms with Crippen molar-refractivity contribution in [3.8, 4) is 0 Å². The van der Waals surface area contributed by atoms with Crippen LogP contribution in [0, 0.1) is 0 Å². The lowest BCUT2D eigenvalue weighted by Gasteiger charge is -2.30. The molecule has 0 saturated heterocycles. The van der Waals surface area contributed by atoms with E-state index in [-0.39, 0.29) is 18.3 Å². The van der Waals surface area contributed by atoms with Crippen molar-refractivity contribution in [3.05, 3.63) is 12.2 Å². The van der Waals surface area contributed by atoms with Gasteiger partial charge in [-0.05, 0) is 19.8 Å². The van der Waals surface area contributed by atoms with Gasteiger partial charge < -0.3 is 22.2 Å². The molecule has 0 rings (SSSR count). The Morgan fingerprint density at radius 2 is 1.68 bits per heavy atom. The van der Waals surface area contributed by atoms with Crippen molar-refractivity contribution < 1.29 is 21.7 Å². The first-order chi connectivity index (χ1) is 8.39. The summed E-state index contributed by atoms with van der Waals surface area (Å²) in [5.74, 6) is -0.0248. The molecular formula is C15H31ClN2O. The van der Waals surface area contributed by atoms with Gasteiger partial charge in [0.05, 0.1) is 27.2 Å². The number of halogens is 1. The third kappa shape index (κ3) is 12.2. The number of hydrogen-bond acceptors (Lipinski definition) is 1. The highest BCUT2D eigenvalue weighted by Gasteiger charge is 2.13. The van der Waals surface area contributed by atoms with Crippen LogP contribution < -0.4 is 17.7 Å². The molecule has 0 unspecified atom stereocenters. The van der Waals surface area contributed by atoms with Crippen LogP contribution in [0.5, 0.6) is 0 Å². The van der Waals surface area contributed by atoms with Crippen molar-refractivity contribution in [2.75, 3.05) is 33.7 Å². The van der Waals surface area contributed by atoms with Crippen LogP contribution in [0.1, 0.15) is 46.0 Å². The average Bonchev–Trinajstić information content (AvgIpc) is 2.30. The molecule has 3 nitrogen and oxygen atoms in total. The number of amides is 1. The van der Waals surface area contributed by atoms with Crippen LogP contribution in [0.2, 0.25) is 0 Å². The van der Waals surface area contributed by atoms with E-state index in [1.54, 1.807) is 6.92 Å². The maximum Gasteiger partial charge on any atom is 0.246 e. The molecule has 0 aromatic rings. The van der Waals surface area contributed by atoms with E-state index >= 15 is 0 Å². The summed E-state index contributed by atoms with van der Waals surface area (Å²) in [6, 6.07) is 0. The van der Waals surface area contributed by atoms with Crippen LogP contribution in [0.25, 0.3) is 0 Å². The summed E-state index contributed by atoms with van der Waals surface area (Å²) in [7, 11) is 4.54. The Labute approximate surface area is 125 Å². The summed E-state index contributed by atoms with van der Waals surface area (Å²) in [5, 5.41) is 2.88. The molecule has 1 N–H and O–H groups in total. The lowest BCUT2D eigenvalue weighted by atomic mass is 10.2. The zero-order chi connectivity index (χ0) is 14.0. The first kappa shape index (κ1) is 20.8. The van der Waals surface area contributed by atoms with E-state index in [2.05, 4.69) is 32.9 Å². The first-order valence-corrected chi connectivity index (χ1v) is 7.15. The number of hydrogen-bond donors (Lipinski definition) is 1. The van der Waals surface area contributed by atoms with Gasteiger partial charge in [0, 0.05) is 18.5 Å². The molecule has 0 aliphatic heterocycles. The Balaban J connectivity index is 0. The molecule has 1 amide bonds. The minimum Gasteiger partial charge on any atom is -1.00 e. The summed E-state index contributed by atoms with van der Waals surface area (Å²) < 4.78 is 1.05. The lowest BCUT2D eigenvalue weighted by Crippen LogP contribution is -3.00. The quantitative estimate of drug-likeness (QED) is 0.335. The first-order valence-electron chi connectivity index (χ1n) is 7.15. The van der Waals surface area contributed by atoms with E-state index in [1.807, 2.05) is 0 Å². The number of nitrogens with zero attached hydrogens (tertiary/aromatic N) is 1. The maximum absolute atomic E-state index is 11.3. The van der Waals surface area contributed by atoms with Crippen molar-refractivity contribution >= 4 is 5.91 Å². The van der Waals surface area contributed by atoms with Crippen molar-refractivity contribution in [3.63, 3.8) is 0 Å². The van der Waals surface area contributed by atoms with Crippen molar-refractivity contribution in [2.24, 2.45) is 0 Å². The second-order valence-corrected chi connectivity index (χ2v) is 5.83. The van der Waals surface area contributed by atoms with Crippen molar-refractivity contribution in [1.29, 1.82) is 0 Å². The van der Waals surface area contributed by atoms with Gasteiger partial charge in [-0.25, -0.2) is 0 Å². The zero-order valence-electron chi connectivity index (χ0n) is 13.1. The van der Waals surface area contributed by atoms with E-state index in [0.717, 1.165) is 24.0 Å². The molecule has 0 radical (unpaired) electrons. The topological polar surface area (TPSA) is 29.1 Å². The highest BCUT2D eigenvalue weighted by molar-refractivity contribution is 5.91. The molecule has 4 heteroatoms. The normalized spacial score (nSPS) is 10.7. The van der Waals surface area contributed by atoms with Gasteiger partial charge in [0.1, 0.15) is 0 Å². The van der Waals surface area contributed by atoms with Crippen molar-refractivity contribution in [2.45, 2.75) is 46.0 Å². The van der Waals surface area contributed by atoms with E-state index < -0.39 is 0 Å². The lowest BCUT2D eigenvalue weighted by molar-refractivity contribution is -0.890. The molecule has 0 fully saturated rings. The molecule has 0 spiro atoms. The second kappa shape index (κ2) is 11.3. The van der Waals surface area contributed by atoms with E-state index in [1.165, 1.54) is 32.2 Å². The Morgan fingerprint density at radius 1 is 1.11 bits per heavy atom. The van der Waals surface area contributed by atoms with Crippen LogP contribution in [-0.4, -0.2) is 44.1 Å². The van der Waals surface area contributed by atoms with Gasteiger partial charge in [-0.3, -0.25) is 4.79 Å². The Morgan fingerprint density at radius 3 is 2.21 bits per heavy atom. The zero-order valence-corrected chi connectivity index (χ0v) is 13.9. The van der Waals surface area contributed by atoms with E-state index in [4.69, 9.17) is 0 Å². The highest BCUT2D eigenvalue weighted by atomic mass is 35.5. The molecule has 0 saturated carbocycles. The Hall–Kier alpha value is -0.540. The minimum atomic E-state index is -0.0248. The fourth-order valence-corrected chi connectivity index (χ4v) is 1.94. The molecule has 19 heavy (non-hydrogen) atoms. The van der Waals surface area contributed by atoms with Crippen LogP contribution in [0.15, 0.2) is 12.2 Å². The van der Waals surface area contributed by atoms with Crippen molar-refractivity contribution in [1.82, 2.24) is 5.32 Å². The summed E-state index contributed by atoms with van der Waals surface area (Å²) in [4.78, 5) is 11.3. The van der Waals surface area contributed by atoms with E-state index in [9.17, 15) is 4.79 Å². The molecule has 0 aromatic carbocycles. The molecule has 0 heterocycles. The average molecular weight is 291 g/mol. The summed E-state index contributed by atoms with van der Waals surface area (Å²) in [5.41, 5.74) is 0.586. The molecular weight excluding hydrogens is 260 g/mol. The smallest absolute Gasteiger partial charge is 0.246 e. The van der Waals surface area contributed by atoms with Crippen LogP contribution in [-0.2, 0) is 4.79 Å². The summed E-state index contributed by atoms with van der Waals surface area (Å²) >= 11 is 0.